The quantitative estimate of drug-likeness (QED) is 0.676. The van der Waals surface area contributed by atoms with Gasteiger partial charge in [-0.05, 0) is 48.1 Å². The van der Waals surface area contributed by atoms with Crippen molar-refractivity contribution in [3.8, 4) is 0 Å². The summed E-state index contributed by atoms with van der Waals surface area (Å²) in [6.07, 6.45) is 2.03. The second-order valence-corrected chi connectivity index (χ2v) is 8.22. The highest BCUT2D eigenvalue weighted by Gasteiger charge is 2.49. The molecule has 0 bridgehead atoms. The van der Waals surface area contributed by atoms with Gasteiger partial charge in [-0.25, -0.2) is 4.79 Å². The Labute approximate surface area is 177 Å². The van der Waals surface area contributed by atoms with E-state index in [1.165, 1.54) is 5.56 Å². The minimum Gasteiger partial charge on any atom is -0.325 e. The Balaban J connectivity index is 1.68. The molecule has 2 aromatic carbocycles. The minimum atomic E-state index is -1.19. The smallest absolute Gasteiger partial charge is 0.325 e. The number of aryl methyl sites for hydroxylation is 1. The first-order chi connectivity index (χ1) is 14.2. The van der Waals surface area contributed by atoms with Crippen LogP contribution in [0.4, 0.5) is 10.5 Å². The minimum absolute atomic E-state index is 0.332. The zero-order chi connectivity index (χ0) is 21.9. The van der Waals surface area contributed by atoms with Crippen LogP contribution >= 0.6 is 0 Å². The number of amides is 4. The lowest BCUT2D eigenvalue weighted by molar-refractivity contribution is -0.133. The molecule has 0 radical (unpaired) electrons. The fourth-order valence-electron chi connectivity index (χ4n) is 3.63. The number of urea groups is 1. The van der Waals surface area contributed by atoms with Gasteiger partial charge in [0.1, 0.15) is 12.1 Å². The molecule has 1 fully saturated rings. The predicted octanol–water partition coefficient (Wildman–Crippen LogP) is 4.17. The molecule has 6 nitrogen and oxygen atoms in total. The SMILES string of the molecule is CCCc1ccc(NC(=O)CN2C(=O)NC(C)(c3ccc(C(C)C)cc3)C2=O)cc1. The molecule has 6 heteroatoms. The molecule has 158 valence electrons. The van der Waals surface area contributed by atoms with E-state index in [0.717, 1.165) is 23.3 Å². The number of rotatable bonds is 7. The van der Waals surface area contributed by atoms with E-state index in [4.69, 9.17) is 0 Å². The summed E-state index contributed by atoms with van der Waals surface area (Å²) in [5.74, 6) is -0.476. The van der Waals surface area contributed by atoms with Crippen molar-refractivity contribution in [2.24, 2.45) is 0 Å². The van der Waals surface area contributed by atoms with Crippen molar-refractivity contribution in [3.05, 3.63) is 65.2 Å². The van der Waals surface area contributed by atoms with Crippen molar-refractivity contribution in [1.29, 1.82) is 0 Å². The molecule has 3 rings (SSSR count). The summed E-state index contributed by atoms with van der Waals surface area (Å²) in [5.41, 5.74) is 2.50. The lowest BCUT2D eigenvalue weighted by Crippen LogP contribution is -2.42. The molecular formula is C24H29N3O3. The molecule has 0 spiro atoms. The molecular weight excluding hydrogens is 378 g/mol. The normalized spacial score (nSPS) is 18.6. The lowest BCUT2D eigenvalue weighted by Gasteiger charge is -2.22. The maximum absolute atomic E-state index is 13.0. The Kier molecular flexibility index (Phi) is 6.25. The lowest BCUT2D eigenvalue weighted by atomic mass is 9.90. The molecule has 1 unspecified atom stereocenters. The maximum atomic E-state index is 13.0. The van der Waals surface area contributed by atoms with Crippen LogP contribution in [0.25, 0.3) is 0 Å². The average Bonchev–Trinajstić information content (AvgIpc) is 2.93. The van der Waals surface area contributed by atoms with E-state index in [1.807, 2.05) is 48.5 Å². The molecule has 2 N–H and O–H groups in total. The predicted molar refractivity (Wildman–Crippen MR) is 117 cm³/mol. The zero-order valence-electron chi connectivity index (χ0n) is 18.0. The summed E-state index contributed by atoms with van der Waals surface area (Å²) in [6.45, 7) is 7.64. The molecule has 4 amide bonds. The van der Waals surface area contributed by atoms with E-state index in [0.29, 0.717) is 17.2 Å². The standard InChI is InChI=1S/C24H29N3O3/c1-5-6-17-7-13-20(14-8-17)25-21(28)15-27-22(29)24(4,26-23(27)30)19-11-9-18(10-12-19)16(2)3/h7-14,16H,5-6,15H2,1-4H3,(H,25,28)(H,26,30). The van der Waals surface area contributed by atoms with E-state index >= 15 is 0 Å². The summed E-state index contributed by atoms with van der Waals surface area (Å²) in [4.78, 5) is 38.9. The first-order valence-electron chi connectivity index (χ1n) is 10.4. The van der Waals surface area contributed by atoms with Gasteiger partial charge < -0.3 is 10.6 Å². The molecule has 1 heterocycles. The summed E-state index contributed by atoms with van der Waals surface area (Å²) in [7, 11) is 0. The highest BCUT2D eigenvalue weighted by Crippen LogP contribution is 2.30. The van der Waals surface area contributed by atoms with Crippen LogP contribution in [0.1, 0.15) is 56.7 Å². The number of carbonyl (C=O) groups is 3. The Morgan fingerprint density at radius 2 is 1.70 bits per heavy atom. The summed E-state index contributed by atoms with van der Waals surface area (Å²) in [6, 6.07) is 14.7. The maximum Gasteiger partial charge on any atom is 0.325 e. The van der Waals surface area contributed by atoms with E-state index in [2.05, 4.69) is 31.4 Å². The Morgan fingerprint density at radius 1 is 1.07 bits per heavy atom. The van der Waals surface area contributed by atoms with Gasteiger partial charge in [-0.2, -0.15) is 0 Å². The highest BCUT2D eigenvalue weighted by atomic mass is 16.2. The number of imide groups is 1. The van der Waals surface area contributed by atoms with Crippen molar-refractivity contribution in [1.82, 2.24) is 10.2 Å². The van der Waals surface area contributed by atoms with E-state index < -0.39 is 23.4 Å². The van der Waals surface area contributed by atoms with Gasteiger partial charge in [0.25, 0.3) is 5.91 Å². The average molecular weight is 408 g/mol. The number of hydrogen-bond acceptors (Lipinski definition) is 3. The Hall–Kier alpha value is -3.15. The summed E-state index contributed by atoms with van der Waals surface area (Å²) < 4.78 is 0. The van der Waals surface area contributed by atoms with Gasteiger partial charge in [-0.3, -0.25) is 14.5 Å². The fourth-order valence-corrected chi connectivity index (χ4v) is 3.63. The number of benzene rings is 2. The zero-order valence-corrected chi connectivity index (χ0v) is 18.0. The van der Waals surface area contributed by atoms with Crippen molar-refractivity contribution >= 4 is 23.5 Å². The molecule has 1 aliphatic rings. The molecule has 1 saturated heterocycles. The van der Waals surface area contributed by atoms with Crippen molar-refractivity contribution in [2.75, 3.05) is 11.9 Å². The van der Waals surface area contributed by atoms with Gasteiger partial charge in [0, 0.05) is 5.69 Å². The largest absolute Gasteiger partial charge is 0.325 e. The molecule has 0 saturated carbocycles. The number of anilines is 1. The van der Waals surface area contributed by atoms with Gasteiger partial charge in [-0.15, -0.1) is 0 Å². The Bertz CT molecular complexity index is 935. The number of nitrogens with zero attached hydrogens (tertiary/aromatic N) is 1. The summed E-state index contributed by atoms with van der Waals surface area (Å²) >= 11 is 0. The van der Waals surface area contributed by atoms with Gasteiger partial charge >= 0.3 is 6.03 Å². The van der Waals surface area contributed by atoms with Crippen LogP contribution < -0.4 is 10.6 Å². The molecule has 30 heavy (non-hydrogen) atoms. The fraction of sp³-hybridized carbons (Fsp3) is 0.375. The molecule has 1 aliphatic heterocycles. The second kappa shape index (κ2) is 8.69. The second-order valence-electron chi connectivity index (χ2n) is 8.22. The van der Waals surface area contributed by atoms with Crippen LogP contribution in [0.5, 0.6) is 0 Å². The van der Waals surface area contributed by atoms with Crippen molar-refractivity contribution < 1.29 is 14.4 Å². The topological polar surface area (TPSA) is 78.5 Å². The third-order valence-corrected chi connectivity index (χ3v) is 5.51. The monoisotopic (exact) mass is 407 g/mol. The van der Waals surface area contributed by atoms with Gasteiger partial charge in [0.15, 0.2) is 0 Å². The van der Waals surface area contributed by atoms with E-state index in [9.17, 15) is 14.4 Å². The molecule has 0 aliphatic carbocycles. The summed E-state index contributed by atoms with van der Waals surface area (Å²) in [5, 5.41) is 5.50. The van der Waals surface area contributed by atoms with Crippen LogP contribution in [0.3, 0.4) is 0 Å². The molecule has 1 atom stereocenters. The van der Waals surface area contributed by atoms with Crippen LogP contribution in [0.15, 0.2) is 48.5 Å². The Morgan fingerprint density at radius 3 is 2.27 bits per heavy atom. The van der Waals surface area contributed by atoms with Gasteiger partial charge in [0.05, 0.1) is 0 Å². The highest BCUT2D eigenvalue weighted by molar-refractivity contribution is 6.10. The first kappa shape index (κ1) is 21.6. The number of nitrogens with one attached hydrogen (secondary N) is 2. The van der Waals surface area contributed by atoms with Crippen LogP contribution in [-0.2, 0) is 21.5 Å². The van der Waals surface area contributed by atoms with Gasteiger partial charge in [-0.1, -0.05) is 63.6 Å². The van der Waals surface area contributed by atoms with Crippen molar-refractivity contribution in [3.63, 3.8) is 0 Å². The van der Waals surface area contributed by atoms with Crippen LogP contribution in [-0.4, -0.2) is 29.3 Å². The van der Waals surface area contributed by atoms with Crippen molar-refractivity contribution in [2.45, 2.75) is 52.0 Å². The molecule has 2 aromatic rings. The van der Waals surface area contributed by atoms with E-state index in [-0.39, 0.29) is 6.54 Å². The third-order valence-electron chi connectivity index (χ3n) is 5.51. The van der Waals surface area contributed by atoms with E-state index in [1.54, 1.807) is 6.92 Å². The first-order valence-corrected chi connectivity index (χ1v) is 10.4. The number of carbonyl (C=O) groups excluding carboxylic acids is 3. The number of hydrogen-bond donors (Lipinski definition) is 2. The van der Waals surface area contributed by atoms with Gasteiger partial charge in [0.2, 0.25) is 5.91 Å². The molecule has 0 aromatic heterocycles. The van der Waals surface area contributed by atoms with Crippen LogP contribution in [0.2, 0.25) is 0 Å². The van der Waals surface area contributed by atoms with Crippen LogP contribution in [0, 0.1) is 0 Å². The third kappa shape index (κ3) is 4.37.